The van der Waals surface area contributed by atoms with Crippen molar-refractivity contribution >= 4 is 11.9 Å². The third-order valence-electron chi connectivity index (χ3n) is 14.8. The molecule has 0 radical (unpaired) electrons. The Morgan fingerprint density at radius 3 is 2.21 bits per heavy atom. The lowest BCUT2D eigenvalue weighted by atomic mass is 9.82. The first-order chi connectivity index (χ1) is 34.9. The molecule has 5 N–H and O–H groups in total. The molecule has 17 heteroatoms. The lowest BCUT2D eigenvalue weighted by Crippen LogP contribution is -2.66. The van der Waals surface area contributed by atoms with Crippen molar-refractivity contribution in [2.24, 2.45) is 11.8 Å². The number of carbonyl (C=O) groups excluding carboxylic acids is 2. The zero-order chi connectivity index (χ0) is 52.8. The molecule has 4 heterocycles. The second kappa shape index (κ2) is 27.9. The number of allylic oxidation sites excluding steroid dienone is 2. The molecule has 0 aromatic heterocycles. The highest BCUT2D eigenvalue weighted by atomic mass is 16.7. The summed E-state index contributed by atoms with van der Waals surface area (Å²) in [6.07, 6.45) is -1.03. The van der Waals surface area contributed by atoms with Gasteiger partial charge < -0.3 is 73.5 Å². The summed E-state index contributed by atoms with van der Waals surface area (Å²) in [6, 6.07) is 18.1. The Morgan fingerprint density at radius 2 is 1.55 bits per heavy atom. The molecule has 17 nitrogen and oxygen atoms in total. The Balaban J connectivity index is 1.28. The van der Waals surface area contributed by atoms with Gasteiger partial charge in [0, 0.05) is 32.5 Å². The quantitative estimate of drug-likeness (QED) is 0.105. The minimum Gasteiger partial charge on any atom is -0.462 e. The Morgan fingerprint density at radius 1 is 0.849 bits per heavy atom. The van der Waals surface area contributed by atoms with Crippen molar-refractivity contribution in [2.45, 2.75) is 197 Å². The number of likely N-dealkylation sites (N-methyl/N-ethyl adjacent to an activating group) is 2. The number of carbonyl (C=O) groups is 2. The molecule has 4 aliphatic rings. The molecule has 2 aromatic carbocycles. The van der Waals surface area contributed by atoms with E-state index >= 15 is 0 Å². The van der Waals surface area contributed by atoms with Gasteiger partial charge >= 0.3 is 11.9 Å². The van der Waals surface area contributed by atoms with Crippen molar-refractivity contribution in [1.29, 1.82) is 0 Å². The molecule has 408 valence electrons. The van der Waals surface area contributed by atoms with E-state index in [-0.39, 0.29) is 36.8 Å². The van der Waals surface area contributed by atoms with Crippen molar-refractivity contribution in [3.8, 4) is 0 Å². The number of cyclic esters (lactones) is 1. The van der Waals surface area contributed by atoms with Gasteiger partial charge in [0.15, 0.2) is 25.0 Å². The SMILES string of the molecule is CN[C@H]1CC[C@H](O[C@H]2/C=C/C=C/C[C@@H](C)OC(=O)C[C@@H](O)[C@H](OC)[C@@H](O[C@@H]3O[C@H](C)[C@@H](O[C@H]4C[C@@](C)(O)[C@@H](OC(=O)c5ccccc5)[C@H](C)O4)[C@H](N(C)C)[C@H]3O)[C@@H](CCNCc3ccccc3)C[C@H]2C)O[C@@H]1C. The van der Waals surface area contributed by atoms with E-state index < -0.39 is 103 Å². The highest BCUT2D eigenvalue weighted by Crippen LogP contribution is 2.38. The maximum Gasteiger partial charge on any atom is 0.338 e. The number of methoxy groups -OCH3 is 1. The fourth-order valence-corrected chi connectivity index (χ4v) is 10.8. The van der Waals surface area contributed by atoms with Gasteiger partial charge in [-0.15, -0.1) is 0 Å². The maximum absolute atomic E-state index is 13.4. The number of aliphatic hydroxyl groups is 3. The number of hydrogen-bond donors (Lipinski definition) is 5. The molecule has 0 bridgehead atoms. The van der Waals surface area contributed by atoms with Gasteiger partial charge in [0.25, 0.3) is 0 Å². The second-order valence-electron chi connectivity index (χ2n) is 21.0. The Hall–Kier alpha value is -3.66. The van der Waals surface area contributed by atoms with E-state index in [2.05, 4.69) is 36.6 Å². The van der Waals surface area contributed by atoms with Crippen LogP contribution in [0, 0.1) is 11.8 Å². The molecule has 2 aromatic rings. The number of ether oxygens (including phenoxy) is 9. The van der Waals surface area contributed by atoms with Crippen LogP contribution in [0.4, 0.5) is 0 Å². The number of hydrogen-bond acceptors (Lipinski definition) is 17. The summed E-state index contributed by atoms with van der Waals surface area (Å²) >= 11 is 0. The van der Waals surface area contributed by atoms with Gasteiger partial charge in [0.2, 0.25) is 0 Å². The van der Waals surface area contributed by atoms with E-state index in [0.29, 0.717) is 44.3 Å². The minimum absolute atomic E-state index is 0.0448. The summed E-state index contributed by atoms with van der Waals surface area (Å²) in [5.41, 5.74) is -0.0652. The first kappa shape index (κ1) is 58.6. The van der Waals surface area contributed by atoms with Gasteiger partial charge in [-0.05, 0) is 118 Å². The average molecular weight is 1020 g/mol. The van der Waals surface area contributed by atoms with Crippen LogP contribution in [0.2, 0.25) is 0 Å². The zero-order valence-electron chi connectivity index (χ0n) is 44.6. The van der Waals surface area contributed by atoms with Crippen molar-refractivity contribution < 1.29 is 67.5 Å². The molecule has 4 aliphatic heterocycles. The molecule has 3 saturated heterocycles. The summed E-state index contributed by atoms with van der Waals surface area (Å²) in [5.74, 6) is -1.68. The van der Waals surface area contributed by atoms with Gasteiger partial charge in [-0.3, -0.25) is 4.79 Å². The number of benzene rings is 2. The molecule has 73 heavy (non-hydrogen) atoms. The fourth-order valence-electron chi connectivity index (χ4n) is 10.8. The van der Waals surface area contributed by atoms with Gasteiger partial charge in [-0.25, -0.2) is 4.79 Å². The molecule has 0 saturated carbocycles. The van der Waals surface area contributed by atoms with E-state index in [4.69, 9.17) is 42.6 Å². The third kappa shape index (κ3) is 16.4. The predicted octanol–water partition coefficient (Wildman–Crippen LogP) is 5.44. The molecule has 0 amide bonds. The van der Waals surface area contributed by atoms with Crippen molar-refractivity contribution in [3.63, 3.8) is 0 Å². The molecule has 6 rings (SSSR count). The van der Waals surface area contributed by atoms with Crippen LogP contribution in [-0.2, 0) is 54.0 Å². The standard InChI is InChI=1S/C56H85N3O14/c1-34-30-41(28-29-58-33-39-21-15-12-16-22-39)51(52(65-10)43(60)31-45(61)66-35(2)20-14-11-19-25-44(34)70-46-27-26-42(57-7)36(3)67-46)72-55-49(62)48(59(8)9)50(37(4)69-55)71-47-32-56(6,64)53(38(5)68-47)73-54(63)40-23-17-13-18-24-40/h11-19,21-25,34-38,41-44,46-53,55,57-58,60,62,64H,20,26-33H2,1-10H3/b14-11+,25-19+/t34-,35-,36-,37-,38+,41+,42+,43-,44+,46+,47+,48-,49-,50-,51+,52+,53+,55+,56-/m1/s1. The topological polar surface area (TPSA) is 205 Å². The van der Waals surface area contributed by atoms with Gasteiger partial charge in [-0.1, -0.05) is 79.8 Å². The smallest absolute Gasteiger partial charge is 0.338 e. The zero-order valence-corrected chi connectivity index (χ0v) is 44.6. The highest BCUT2D eigenvalue weighted by Gasteiger charge is 2.53. The normalized spacial score (nSPS) is 39.1. The largest absolute Gasteiger partial charge is 0.462 e. The first-order valence-corrected chi connectivity index (χ1v) is 26.3. The van der Waals surface area contributed by atoms with Crippen LogP contribution >= 0.6 is 0 Å². The van der Waals surface area contributed by atoms with E-state index in [1.165, 1.54) is 7.11 Å². The van der Waals surface area contributed by atoms with Crippen molar-refractivity contribution in [1.82, 2.24) is 15.5 Å². The van der Waals surface area contributed by atoms with Gasteiger partial charge in [0.05, 0.1) is 54.6 Å². The summed E-state index contributed by atoms with van der Waals surface area (Å²) in [6.45, 7) is 12.3. The Labute approximate surface area is 433 Å². The summed E-state index contributed by atoms with van der Waals surface area (Å²) < 4.78 is 57.6. The molecule has 0 unspecified atom stereocenters. The number of nitrogens with one attached hydrogen (secondary N) is 2. The van der Waals surface area contributed by atoms with Gasteiger partial charge in [0.1, 0.15) is 30.0 Å². The van der Waals surface area contributed by atoms with E-state index in [1.807, 2.05) is 75.5 Å². The lowest BCUT2D eigenvalue weighted by Gasteiger charge is -2.50. The summed E-state index contributed by atoms with van der Waals surface area (Å²) in [5, 5.41) is 43.2. The van der Waals surface area contributed by atoms with E-state index in [1.54, 1.807) is 51.1 Å². The maximum atomic E-state index is 13.4. The molecular formula is C56H85N3O14. The van der Waals surface area contributed by atoms with Crippen LogP contribution in [0.1, 0.15) is 102 Å². The van der Waals surface area contributed by atoms with Crippen LogP contribution in [0.3, 0.4) is 0 Å². The van der Waals surface area contributed by atoms with Crippen LogP contribution in [0.25, 0.3) is 0 Å². The summed E-state index contributed by atoms with van der Waals surface area (Å²) in [7, 11) is 7.06. The number of rotatable bonds is 16. The minimum atomic E-state index is -1.54. The Bertz CT molecular complexity index is 2030. The summed E-state index contributed by atoms with van der Waals surface area (Å²) in [4.78, 5) is 28.3. The molecule has 0 spiro atoms. The molecule has 0 aliphatic carbocycles. The molecule has 19 atom stereocenters. The highest BCUT2D eigenvalue weighted by molar-refractivity contribution is 5.89. The van der Waals surface area contributed by atoms with Crippen molar-refractivity contribution in [3.05, 3.63) is 96.1 Å². The number of nitrogens with zero attached hydrogens (tertiary/aromatic N) is 1. The predicted molar refractivity (Wildman–Crippen MR) is 274 cm³/mol. The lowest BCUT2D eigenvalue weighted by molar-refractivity contribution is -0.343. The van der Waals surface area contributed by atoms with Crippen molar-refractivity contribution in [2.75, 3.05) is 34.8 Å². The Kier molecular flexibility index (Phi) is 22.4. The third-order valence-corrected chi connectivity index (χ3v) is 14.8. The van der Waals surface area contributed by atoms with Gasteiger partial charge in [-0.2, -0.15) is 0 Å². The monoisotopic (exact) mass is 1020 g/mol. The van der Waals surface area contributed by atoms with Crippen LogP contribution in [0.15, 0.2) is 85.0 Å². The van der Waals surface area contributed by atoms with E-state index in [9.17, 15) is 24.9 Å². The van der Waals surface area contributed by atoms with E-state index in [0.717, 1.165) is 12.0 Å². The molecule has 3 fully saturated rings. The molecular weight excluding hydrogens is 939 g/mol. The fraction of sp³-hybridized carbons (Fsp3) is 0.679. The van der Waals surface area contributed by atoms with Crippen LogP contribution < -0.4 is 10.6 Å². The first-order valence-electron chi connectivity index (χ1n) is 26.3. The number of aliphatic hydroxyl groups excluding tert-OH is 2. The van der Waals surface area contributed by atoms with Crippen LogP contribution in [0.5, 0.6) is 0 Å². The number of esters is 2. The van der Waals surface area contributed by atoms with Crippen LogP contribution in [-0.4, -0.2) is 171 Å². The average Bonchev–Trinajstić information content (AvgIpc) is 3.34. The second-order valence-corrected chi connectivity index (χ2v) is 21.0.